The van der Waals surface area contributed by atoms with Gasteiger partial charge < -0.3 is 20.5 Å². The Balaban J connectivity index is 2.17. The Morgan fingerprint density at radius 1 is 1.38 bits per heavy atom. The number of benzene rings is 1. The lowest BCUT2D eigenvalue weighted by molar-refractivity contribution is -0.124. The van der Waals surface area contributed by atoms with E-state index < -0.39 is 12.0 Å². The second-order valence-electron chi connectivity index (χ2n) is 5.35. The highest BCUT2D eigenvalue weighted by Crippen LogP contribution is 2.34. The molecule has 1 fully saturated rings. The van der Waals surface area contributed by atoms with Gasteiger partial charge in [0, 0.05) is 0 Å². The number of carbonyl (C=O) groups excluding carboxylic acids is 1. The second kappa shape index (κ2) is 7.31. The predicted octanol–water partition coefficient (Wildman–Crippen LogP) is 1.80. The van der Waals surface area contributed by atoms with Crippen LogP contribution < -0.4 is 20.5 Å². The molecule has 21 heavy (non-hydrogen) atoms. The van der Waals surface area contributed by atoms with Gasteiger partial charge in [0.1, 0.15) is 0 Å². The van der Waals surface area contributed by atoms with E-state index in [2.05, 4.69) is 11.4 Å². The molecule has 1 heterocycles. The smallest absolute Gasteiger partial charge is 0.258 e. The van der Waals surface area contributed by atoms with Gasteiger partial charge in [-0.2, -0.15) is 0 Å². The lowest BCUT2D eigenvalue weighted by Crippen LogP contribution is -2.33. The van der Waals surface area contributed by atoms with E-state index in [4.69, 9.17) is 15.2 Å². The van der Waals surface area contributed by atoms with Crippen molar-refractivity contribution in [3.63, 3.8) is 0 Å². The Bertz CT molecular complexity index is 484. The van der Waals surface area contributed by atoms with Crippen molar-refractivity contribution in [2.45, 2.75) is 38.2 Å². The molecule has 0 saturated carbocycles. The van der Waals surface area contributed by atoms with Crippen molar-refractivity contribution in [3.8, 4) is 11.5 Å². The van der Waals surface area contributed by atoms with E-state index in [1.807, 2.05) is 19.1 Å². The van der Waals surface area contributed by atoms with E-state index in [1.54, 1.807) is 7.11 Å². The van der Waals surface area contributed by atoms with Gasteiger partial charge in [0.25, 0.3) is 5.91 Å². The number of amides is 1. The molecule has 1 amide bonds. The highest BCUT2D eigenvalue weighted by Gasteiger charge is 2.20. The first-order valence-electron chi connectivity index (χ1n) is 7.50. The Morgan fingerprint density at radius 3 is 2.67 bits per heavy atom. The molecule has 1 aromatic rings. The van der Waals surface area contributed by atoms with E-state index in [0.717, 1.165) is 25.9 Å². The first kappa shape index (κ1) is 15.6. The van der Waals surface area contributed by atoms with E-state index in [1.165, 1.54) is 5.56 Å². The van der Waals surface area contributed by atoms with Crippen molar-refractivity contribution in [2.24, 2.45) is 5.73 Å². The molecule has 2 rings (SSSR count). The van der Waals surface area contributed by atoms with Gasteiger partial charge in [-0.05, 0) is 56.0 Å². The maximum absolute atomic E-state index is 11.3. The number of nitrogens with one attached hydrogen (secondary N) is 1. The predicted molar refractivity (Wildman–Crippen MR) is 81.7 cm³/mol. The summed E-state index contributed by atoms with van der Waals surface area (Å²) in [7, 11) is 1.61. The van der Waals surface area contributed by atoms with E-state index in [9.17, 15) is 4.79 Å². The highest BCUT2D eigenvalue weighted by atomic mass is 16.5. The van der Waals surface area contributed by atoms with Gasteiger partial charge in [-0.25, -0.2) is 0 Å². The molecule has 5 heteroatoms. The van der Waals surface area contributed by atoms with Gasteiger partial charge in [-0.15, -0.1) is 0 Å². The Labute approximate surface area is 125 Å². The summed E-state index contributed by atoms with van der Waals surface area (Å²) >= 11 is 0. The van der Waals surface area contributed by atoms with Crippen LogP contribution in [0.2, 0.25) is 0 Å². The van der Waals surface area contributed by atoms with Crippen LogP contribution in [0.5, 0.6) is 11.5 Å². The Hall–Kier alpha value is -1.75. The first-order chi connectivity index (χ1) is 10.2. The molecule has 1 unspecified atom stereocenters. The van der Waals surface area contributed by atoms with Crippen LogP contribution in [0.15, 0.2) is 18.2 Å². The fraction of sp³-hybridized carbons (Fsp3) is 0.562. The quantitative estimate of drug-likeness (QED) is 0.838. The molecule has 0 spiro atoms. The largest absolute Gasteiger partial charge is 0.493 e. The average Bonchev–Trinajstić information content (AvgIpc) is 2.53. The second-order valence-corrected chi connectivity index (χ2v) is 5.35. The third-order valence-corrected chi connectivity index (χ3v) is 3.96. The van der Waals surface area contributed by atoms with Gasteiger partial charge in [0.15, 0.2) is 17.6 Å². The summed E-state index contributed by atoms with van der Waals surface area (Å²) in [5.74, 6) is 1.32. The summed E-state index contributed by atoms with van der Waals surface area (Å²) in [5, 5.41) is 3.36. The molecule has 3 N–H and O–H groups in total. The molecule has 0 bridgehead atoms. The fourth-order valence-corrected chi connectivity index (χ4v) is 2.69. The lowest BCUT2D eigenvalue weighted by Gasteiger charge is -2.24. The molecular weight excluding hydrogens is 268 g/mol. The third-order valence-electron chi connectivity index (χ3n) is 3.96. The molecular formula is C16H24N2O3. The van der Waals surface area contributed by atoms with Crippen molar-refractivity contribution in [1.82, 2.24) is 5.32 Å². The van der Waals surface area contributed by atoms with Crippen LogP contribution in [0.3, 0.4) is 0 Å². The Morgan fingerprint density at radius 2 is 2.10 bits per heavy atom. The van der Waals surface area contributed by atoms with Gasteiger partial charge in [0.05, 0.1) is 7.11 Å². The summed E-state index contributed by atoms with van der Waals surface area (Å²) < 4.78 is 11.1. The van der Waals surface area contributed by atoms with Gasteiger partial charge in [-0.3, -0.25) is 4.79 Å². The van der Waals surface area contributed by atoms with Crippen LogP contribution in [0.1, 0.15) is 37.7 Å². The first-order valence-corrected chi connectivity index (χ1v) is 7.50. The zero-order valence-electron chi connectivity index (χ0n) is 12.7. The van der Waals surface area contributed by atoms with E-state index in [-0.39, 0.29) is 0 Å². The Kier molecular flexibility index (Phi) is 5.44. The minimum Gasteiger partial charge on any atom is -0.493 e. The number of rotatable bonds is 6. The van der Waals surface area contributed by atoms with Crippen LogP contribution in [0.25, 0.3) is 0 Å². The molecule has 1 atom stereocenters. The van der Waals surface area contributed by atoms with E-state index >= 15 is 0 Å². The lowest BCUT2D eigenvalue weighted by atomic mass is 9.90. The minimum atomic E-state index is -0.622. The SMILES string of the molecule is CCC(Oc1ccc(C2CCNCC2)cc1OC)C(N)=O. The van der Waals surface area contributed by atoms with Crippen LogP contribution >= 0.6 is 0 Å². The number of hydrogen-bond acceptors (Lipinski definition) is 4. The van der Waals surface area contributed by atoms with Crippen LogP contribution in [-0.2, 0) is 4.79 Å². The number of carbonyl (C=O) groups is 1. The maximum atomic E-state index is 11.3. The molecule has 0 radical (unpaired) electrons. The highest BCUT2D eigenvalue weighted by molar-refractivity contribution is 5.79. The molecule has 116 valence electrons. The minimum absolute atomic E-state index is 0.456. The number of hydrogen-bond donors (Lipinski definition) is 2. The topological polar surface area (TPSA) is 73.6 Å². The van der Waals surface area contributed by atoms with Crippen molar-refractivity contribution in [1.29, 1.82) is 0 Å². The summed E-state index contributed by atoms with van der Waals surface area (Å²) in [6.45, 7) is 3.96. The molecule has 1 aromatic carbocycles. The zero-order chi connectivity index (χ0) is 15.2. The van der Waals surface area contributed by atoms with Gasteiger partial charge in [0.2, 0.25) is 0 Å². The van der Waals surface area contributed by atoms with Crippen LogP contribution in [-0.4, -0.2) is 32.2 Å². The number of ether oxygens (including phenoxy) is 2. The fourth-order valence-electron chi connectivity index (χ4n) is 2.69. The number of piperidine rings is 1. The van der Waals surface area contributed by atoms with Crippen molar-refractivity contribution in [3.05, 3.63) is 23.8 Å². The van der Waals surface area contributed by atoms with Crippen molar-refractivity contribution < 1.29 is 14.3 Å². The molecule has 0 aliphatic carbocycles. The number of methoxy groups -OCH3 is 1. The number of nitrogens with two attached hydrogens (primary N) is 1. The maximum Gasteiger partial charge on any atom is 0.258 e. The molecule has 1 aliphatic rings. The summed E-state index contributed by atoms with van der Waals surface area (Å²) in [5.41, 5.74) is 6.58. The van der Waals surface area contributed by atoms with Gasteiger partial charge >= 0.3 is 0 Å². The average molecular weight is 292 g/mol. The van der Waals surface area contributed by atoms with Crippen molar-refractivity contribution >= 4 is 5.91 Å². The van der Waals surface area contributed by atoms with Crippen LogP contribution in [0, 0.1) is 0 Å². The van der Waals surface area contributed by atoms with Gasteiger partial charge in [-0.1, -0.05) is 13.0 Å². The standard InChI is InChI=1S/C16H24N2O3/c1-3-13(16(17)19)21-14-5-4-12(10-15(14)20-2)11-6-8-18-9-7-11/h4-5,10-11,13,18H,3,6-9H2,1-2H3,(H2,17,19). The summed E-state index contributed by atoms with van der Waals surface area (Å²) in [6.07, 6.45) is 2.17. The summed E-state index contributed by atoms with van der Waals surface area (Å²) in [6, 6.07) is 5.95. The molecule has 1 aliphatic heterocycles. The zero-order valence-corrected chi connectivity index (χ0v) is 12.7. The summed E-state index contributed by atoms with van der Waals surface area (Å²) in [4.78, 5) is 11.3. The third kappa shape index (κ3) is 3.88. The van der Waals surface area contributed by atoms with Crippen LogP contribution in [0.4, 0.5) is 0 Å². The van der Waals surface area contributed by atoms with Crippen molar-refractivity contribution in [2.75, 3.05) is 20.2 Å². The molecule has 1 saturated heterocycles. The molecule has 0 aromatic heterocycles. The molecule has 5 nitrogen and oxygen atoms in total. The number of primary amides is 1. The van der Waals surface area contributed by atoms with E-state index in [0.29, 0.717) is 23.8 Å². The monoisotopic (exact) mass is 292 g/mol. The normalized spacial score (nSPS) is 17.2.